The van der Waals surface area contributed by atoms with Crippen molar-refractivity contribution in [2.24, 2.45) is 0 Å². The predicted octanol–water partition coefficient (Wildman–Crippen LogP) is 2.55. The third-order valence-corrected chi connectivity index (χ3v) is 5.08. The predicted molar refractivity (Wildman–Crippen MR) is 108 cm³/mol. The van der Waals surface area contributed by atoms with Crippen LogP contribution in [0.15, 0.2) is 43.0 Å². The van der Waals surface area contributed by atoms with Gasteiger partial charge in [0.05, 0.1) is 0 Å². The first-order valence-corrected chi connectivity index (χ1v) is 9.47. The van der Waals surface area contributed by atoms with E-state index in [1.165, 1.54) is 5.56 Å². The highest BCUT2D eigenvalue weighted by molar-refractivity contribution is 5.95. The van der Waals surface area contributed by atoms with Crippen molar-refractivity contribution in [3.63, 3.8) is 0 Å². The van der Waals surface area contributed by atoms with E-state index in [1.54, 1.807) is 12.5 Å². The SMILES string of the molecule is Cc1ccc(C(=O)N2CCN(c3cc(-n4ccnc4)nc(C)n3)CC2)c(C)c1. The zero-order chi connectivity index (χ0) is 19.7. The summed E-state index contributed by atoms with van der Waals surface area (Å²) in [7, 11) is 0. The van der Waals surface area contributed by atoms with Gasteiger partial charge in [0.15, 0.2) is 0 Å². The zero-order valence-corrected chi connectivity index (χ0v) is 16.5. The minimum Gasteiger partial charge on any atom is -0.353 e. The second-order valence-corrected chi connectivity index (χ2v) is 7.20. The van der Waals surface area contributed by atoms with E-state index in [0.717, 1.165) is 41.7 Å². The van der Waals surface area contributed by atoms with Crippen LogP contribution in [0.1, 0.15) is 27.3 Å². The molecule has 4 rings (SSSR count). The molecule has 0 radical (unpaired) electrons. The van der Waals surface area contributed by atoms with E-state index >= 15 is 0 Å². The number of aryl methyl sites for hydroxylation is 3. The van der Waals surface area contributed by atoms with Crippen molar-refractivity contribution in [3.8, 4) is 5.82 Å². The minimum absolute atomic E-state index is 0.107. The molecule has 28 heavy (non-hydrogen) atoms. The third kappa shape index (κ3) is 3.60. The largest absolute Gasteiger partial charge is 0.353 e. The molecule has 7 heteroatoms. The summed E-state index contributed by atoms with van der Waals surface area (Å²) < 4.78 is 1.87. The molecule has 0 saturated carbocycles. The summed E-state index contributed by atoms with van der Waals surface area (Å²) in [6.07, 6.45) is 5.33. The standard InChI is InChI=1S/C21H24N6O/c1-15-4-5-18(16(2)12-15)21(28)26-10-8-25(9-11-26)19-13-20(24-17(3)23-19)27-7-6-22-14-27/h4-7,12-14H,8-11H2,1-3H3. The fourth-order valence-corrected chi connectivity index (χ4v) is 3.59. The Balaban J connectivity index is 1.48. The number of carbonyl (C=O) groups is 1. The molecule has 144 valence electrons. The van der Waals surface area contributed by atoms with Crippen LogP contribution in [0, 0.1) is 20.8 Å². The molecule has 3 heterocycles. The van der Waals surface area contributed by atoms with Gasteiger partial charge in [0.1, 0.15) is 23.8 Å². The summed E-state index contributed by atoms with van der Waals surface area (Å²) in [4.78, 5) is 30.2. The van der Waals surface area contributed by atoms with Crippen LogP contribution in [0.25, 0.3) is 5.82 Å². The van der Waals surface area contributed by atoms with Crippen LogP contribution in [0.2, 0.25) is 0 Å². The molecule has 1 aliphatic heterocycles. The lowest BCUT2D eigenvalue weighted by Gasteiger charge is -2.35. The molecule has 1 saturated heterocycles. The van der Waals surface area contributed by atoms with Crippen LogP contribution in [-0.4, -0.2) is 56.5 Å². The number of aromatic nitrogens is 4. The summed E-state index contributed by atoms with van der Waals surface area (Å²) in [6, 6.07) is 7.96. The van der Waals surface area contributed by atoms with Crippen LogP contribution in [-0.2, 0) is 0 Å². The van der Waals surface area contributed by atoms with E-state index in [0.29, 0.717) is 13.1 Å². The van der Waals surface area contributed by atoms with E-state index in [2.05, 4.69) is 25.9 Å². The van der Waals surface area contributed by atoms with Gasteiger partial charge in [0.2, 0.25) is 0 Å². The van der Waals surface area contributed by atoms with Gasteiger partial charge >= 0.3 is 0 Å². The molecule has 1 amide bonds. The van der Waals surface area contributed by atoms with Crippen LogP contribution in [0.5, 0.6) is 0 Å². The van der Waals surface area contributed by atoms with Crippen molar-refractivity contribution < 1.29 is 4.79 Å². The number of benzene rings is 1. The number of hydrogen-bond acceptors (Lipinski definition) is 5. The smallest absolute Gasteiger partial charge is 0.254 e. The monoisotopic (exact) mass is 376 g/mol. The number of nitrogens with zero attached hydrogens (tertiary/aromatic N) is 6. The fourth-order valence-electron chi connectivity index (χ4n) is 3.59. The molecule has 1 aliphatic rings. The van der Waals surface area contributed by atoms with Crippen molar-refractivity contribution >= 4 is 11.7 Å². The Bertz CT molecular complexity index is 990. The molecule has 7 nitrogen and oxygen atoms in total. The molecule has 1 fully saturated rings. The van der Waals surface area contributed by atoms with Gasteiger partial charge in [-0.15, -0.1) is 0 Å². The van der Waals surface area contributed by atoms with Crippen LogP contribution >= 0.6 is 0 Å². The van der Waals surface area contributed by atoms with Gasteiger partial charge in [0.25, 0.3) is 5.91 Å². The molecular weight excluding hydrogens is 352 g/mol. The summed E-state index contributed by atoms with van der Waals surface area (Å²) >= 11 is 0. The van der Waals surface area contributed by atoms with Crippen molar-refractivity contribution in [1.29, 1.82) is 0 Å². The highest BCUT2D eigenvalue weighted by atomic mass is 16.2. The van der Waals surface area contributed by atoms with Gasteiger partial charge in [-0.2, -0.15) is 0 Å². The number of piperazine rings is 1. The molecular formula is C21H24N6O. The van der Waals surface area contributed by atoms with Gasteiger partial charge < -0.3 is 9.80 Å². The van der Waals surface area contributed by atoms with Gasteiger partial charge in [-0.25, -0.2) is 15.0 Å². The molecule has 0 spiro atoms. The molecule has 0 N–H and O–H groups in total. The Labute approximate surface area is 164 Å². The molecule has 0 atom stereocenters. The Morgan fingerprint density at radius 3 is 2.39 bits per heavy atom. The maximum absolute atomic E-state index is 12.9. The maximum atomic E-state index is 12.9. The van der Waals surface area contributed by atoms with Crippen LogP contribution in [0.4, 0.5) is 5.82 Å². The van der Waals surface area contributed by atoms with Gasteiger partial charge in [-0.1, -0.05) is 17.7 Å². The molecule has 0 aliphatic carbocycles. The third-order valence-electron chi connectivity index (χ3n) is 5.08. The molecule has 1 aromatic carbocycles. The van der Waals surface area contributed by atoms with E-state index < -0.39 is 0 Å². The van der Waals surface area contributed by atoms with E-state index in [1.807, 2.05) is 54.6 Å². The highest BCUT2D eigenvalue weighted by Gasteiger charge is 2.24. The van der Waals surface area contributed by atoms with Crippen molar-refractivity contribution in [3.05, 3.63) is 65.5 Å². The minimum atomic E-state index is 0.107. The van der Waals surface area contributed by atoms with E-state index in [9.17, 15) is 4.79 Å². The van der Waals surface area contributed by atoms with Crippen molar-refractivity contribution in [2.75, 3.05) is 31.1 Å². The lowest BCUT2D eigenvalue weighted by Crippen LogP contribution is -2.49. The van der Waals surface area contributed by atoms with Gasteiger partial charge in [-0.3, -0.25) is 9.36 Å². The summed E-state index contributed by atoms with van der Waals surface area (Å²) in [6.45, 7) is 8.78. The van der Waals surface area contributed by atoms with Crippen molar-refractivity contribution in [1.82, 2.24) is 24.4 Å². The van der Waals surface area contributed by atoms with Crippen LogP contribution in [0.3, 0.4) is 0 Å². The summed E-state index contributed by atoms with van der Waals surface area (Å²) in [5.74, 6) is 2.51. The number of hydrogen-bond donors (Lipinski definition) is 0. The molecule has 3 aromatic rings. The van der Waals surface area contributed by atoms with E-state index in [-0.39, 0.29) is 5.91 Å². The summed E-state index contributed by atoms with van der Waals surface area (Å²) in [5, 5.41) is 0. The first-order chi connectivity index (χ1) is 13.5. The number of carbonyl (C=O) groups excluding carboxylic acids is 1. The second kappa shape index (κ2) is 7.42. The second-order valence-electron chi connectivity index (χ2n) is 7.20. The topological polar surface area (TPSA) is 67.2 Å². The lowest BCUT2D eigenvalue weighted by atomic mass is 10.0. The molecule has 2 aromatic heterocycles. The van der Waals surface area contributed by atoms with Crippen molar-refractivity contribution in [2.45, 2.75) is 20.8 Å². The Morgan fingerprint density at radius 2 is 1.71 bits per heavy atom. The zero-order valence-electron chi connectivity index (χ0n) is 16.5. The quantitative estimate of drug-likeness (QED) is 0.703. The summed E-state index contributed by atoms with van der Waals surface area (Å²) in [5.41, 5.74) is 3.00. The number of imidazole rings is 1. The average molecular weight is 376 g/mol. The average Bonchev–Trinajstić information content (AvgIpc) is 3.22. The number of anilines is 1. The van der Waals surface area contributed by atoms with Crippen LogP contribution < -0.4 is 4.90 Å². The first-order valence-electron chi connectivity index (χ1n) is 9.47. The Hall–Kier alpha value is -3.22. The van der Waals surface area contributed by atoms with E-state index in [4.69, 9.17) is 0 Å². The lowest BCUT2D eigenvalue weighted by molar-refractivity contribution is 0.0745. The fraction of sp³-hybridized carbons (Fsp3) is 0.333. The Kier molecular flexibility index (Phi) is 4.81. The number of amides is 1. The molecule has 0 unspecified atom stereocenters. The first kappa shape index (κ1) is 18.2. The molecule has 0 bridgehead atoms. The Morgan fingerprint density at radius 1 is 0.964 bits per heavy atom. The highest BCUT2D eigenvalue weighted by Crippen LogP contribution is 2.19. The van der Waals surface area contributed by atoms with Gasteiger partial charge in [-0.05, 0) is 32.4 Å². The normalized spacial score (nSPS) is 14.4. The van der Waals surface area contributed by atoms with Gasteiger partial charge in [0, 0.05) is 50.2 Å². The number of rotatable bonds is 3. The maximum Gasteiger partial charge on any atom is 0.254 e.